The summed E-state index contributed by atoms with van der Waals surface area (Å²) in [4.78, 5) is 14.4. The number of alkyl halides is 1. The van der Waals surface area contributed by atoms with Crippen LogP contribution in [0.5, 0.6) is 0 Å². The molecule has 0 spiro atoms. The Bertz CT molecular complexity index is 449. The Balaban J connectivity index is 2.18. The molecule has 5 heteroatoms. The van der Waals surface area contributed by atoms with Gasteiger partial charge < -0.3 is 4.90 Å². The van der Waals surface area contributed by atoms with E-state index in [1.54, 1.807) is 6.07 Å². The minimum Gasteiger partial charge on any atom is -0.335 e. The average Bonchev–Trinajstić information content (AvgIpc) is 2.29. The molecule has 0 unspecified atom stereocenters. The molecule has 0 atom stereocenters. The van der Waals surface area contributed by atoms with Gasteiger partial charge in [0.2, 0.25) is 0 Å². The molecule has 1 aliphatic carbocycles. The summed E-state index contributed by atoms with van der Waals surface area (Å²) in [5.41, 5.74) is 0.663. The summed E-state index contributed by atoms with van der Waals surface area (Å²) in [7, 11) is 0. The van der Waals surface area contributed by atoms with Gasteiger partial charge in [0.1, 0.15) is 0 Å². The van der Waals surface area contributed by atoms with Crippen LogP contribution in [0.2, 0.25) is 5.02 Å². The van der Waals surface area contributed by atoms with E-state index >= 15 is 0 Å². The fraction of sp³-hybridized carbons (Fsp3) is 0.462. The first-order valence-electron chi connectivity index (χ1n) is 5.95. The second-order valence-electron chi connectivity index (χ2n) is 4.40. The van der Waals surface area contributed by atoms with Gasteiger partial charge >= 0.3 is 0 Å². The maximum atomic E-state index is 12.5. The third-order valence-electron chi connectivity index (χ3n) is 3.27. The highest BCUT2D eigenvalue weighted by Gasteiger charge is 2.28. The van der Waals surface area contributed by atoms with Crippen LogP contribution < -0.4 is 0 Å². The summed E-state index contributed by atoms with van der Waals surface area (Å²) in [6.45, 7) is 0.747. The number of amides is 1. The summed E-state index contributed by atoms with van der Waals surface area (Å²) in [6.07, 6.45) is 3.45. The zero-order valence-corrected chi connectivity index (χ0v) is 13.8. The van der Waals surface area contributed by atoms with E-state index in [-0.39, 0.29) is 5.91 Å². The minimum absolute atomic E-state index is 0.0774. The number of benzene rings is 1. The van der Waals surface area contributed by atoms with Crippen molar-refractivity contribution in [1.29, 1.82) is 0 Å². The molecule has 1 aliphatic rings. The van der Waals surface area contributed by atoms with Crippen molar-refractivity contribution in [1.82, 2.24) is 4.90 Å². The average molecular weight is 396 g/mol. The van der Waals surface area contributed by atoms with Crippen LogP contribution in [0.4, 0.5) is 0 Å². The lowest BCUT2D eigenvalue weighted by Crippen LogP contribution is -2.45. The van der Waals surface area contributed by atoms with Crippen molar-refractivity contribution >= 4 is 49.4 Å². The van der Waals surface area contributed by atoms with Gasteiger partial charge in [0.05, 0.1) is 5.02 Å². The maximum absolute atomic E-state index is 12.5. The Labute approximate surface area is 129 Å². The van der Waals surface area contributed by atoms with Crippen LogP contribution in [0, 0.1) is 0 Å². The maximum Gasteiger partial charge on any atom is 0.254 e. The summed E-state index contributed by atoms with van der Waals surface area (Å²) in [5, 5.41) is 1.38. The molecule has 1 aromatic rings. The zero-order chi connectivity index (χ0) is 13.1. The van der Waals surface area contributed by atoms with E-state index in [0.717, 1.165) is 29.2 Å². The second kappa shape index (κ2) is 6.40. The molecule has 2 nitrogen and oxygen atoms in total. The van der Waals surface area contributed by atoms with Gasteiger partial charge in [-0.25, -0.2) is 0 Å². The molecule has 0 aliphatic heterocycles. The van der Waals surface area contributed by atoms with Crippen LogP contribution in [0.1, 0.15) is 29.6 Å². The van der Waals surface area contributed by atoms with Crippen LogP contribution in [0.3, 0.4) is 0 Å². The molecule has 0 saturated heterocycles. The normalized spacial score (nSPS) is 15.3. The van der Waals surface area contributed by atoms with Crippen LogP contribution in [-0.4, -0.2) is 28.7 Å². The highest BCUT2D eigenvalue weighted by molar-refractivity contribution is 9.10. The van der Waals surface area contributed by atoms with Crippen molar-refractivity contribution in [2.45, 2.75) is 25.3 Å². The molecule has 0 radical (unpaired) electrons. The summed E-state index contributed by atoms with van der Waals surface area (Å²) in [6, 6.07) is 5.77. The number of hydrogen-bond donors (Lipinski definition) is 0. The predicted molar refractivity (Wildman–Crippen MR) is 81.6 cm³/mol. The predicted octanol–water partition coefficient (Wildman–Crippen LogP) is 4.49. The molecule has 1 amide bonds. The molecule has 1 aromatic carbocycles. The molecule has 18 heavy (non-hydrogen) atoms. The molecule has 1 fully saturated rings. The zero-order valence-electron chi connectivity index (χ0n) is 9.83. The number of hydrogen-bond acceptors (Lipinski definition) is 1. The number of rotatable bonds is 4. The smallest absolute Gasteiger partial charge is 0.254 e. The highest BCUT2D eigenvalue weighted by Crippen LogP contribution is 2.28. The first kappa shape index (κ1) is 14.4. The van der Waals surface area contributed by atoms with Gasteiger partial charge in [-0.15, -0.1) is 0 Å². The molecule has 0 heterocycles. The number of halogens is 3. The molecule has 0 N–H and O–H groups in total. The van der Waals surface area contributed by atoms with E-state index in [9.17, 15) is 4.79 Å². The fourth-order valence-electron chi connectivity index (χ4n) is 2.03. The number of carbonyl (C=O) groups excluding carboxylic acids is 1. The molecule has 2 rings (SSSR count). The molecule has 0 aromatic heterocycles. The summed E-state index contributed by atoms with van der Waals surface area (Å²) >= 11 is 12.8. The number of carbonyl (C=O) groups is 1. The van der Waals surface area contributed by atoms with Gasteiger partial charge in [0, 0.05) is 28.0 Å². The summed E-state index contributed by atoms with van der Waals surface area (Å²) in [5.74, 6) is 0.0774. The van der Waals surface area contributed by atoms with Crippen LogP contribution in [0.25, 0.3) is 0 Å². The van der Waals surface area contributed by atoms with E-state index in [1.165, 1.54) is 6.42 Å². The Morgan fingerprint density at radius 3 is 2.67 bits per heavy atom. The Morgan fingerprint density at radius 2 is 2.17 bits per heavy atom. The van der Waals surface area contributed by atoms with Crippen molar-refractivity contribution in [3.8, 4) is 0 Å². The molecule has 0 bridgehead atoms. The van der Waals surface area contributed by atoms with Crippen molar-refractivity contribution in [3.05, 3.63) is 33.3 Å². The lowest BCUT2D eigenvalue weighted by Gasteiger charge is -2.37. The lowest BCUT2D eigenvalue weighted by atomic mass is 9.91. The van der Waals surface area contributed by atoms with Crippen molar-refractivity contribution in [2.75, 3.05) is 11.9 Å². The number of nitrogens with zero attached hydrogens (tertiary/aromatic N) is 1. The van der Waals surface area contributed by atoms with Gasteiger partial charge in [0.15, 0.2) is 0 Å². The van der Waals surface area contributed by atoms with E-state index < -0.39 is 0 Å². The summed E-state index contributed by atoms with van der Waals surface area (Å²) < 4.78 is 0.816. The topological polar surface area (TPSA) is 20.3 Å². The molecular weight excluding hydrogens is 381 g/mol. The molecule has 1 saturated carbocycles. The third kappa shape index (κ3) is 3.09. The Hall–Kier alpha value is -0.0600. The Morgan fingerprint density at radius 1 is 1.44 bits per heavy atom. The first-order chi connectivity index (χ1) is 8.63. The van der Waals surface area contributed by atoms with Crippen molar-refractivity contribution < 1.29 is 4.79 Å². The largest absolute Gasteiger partial charge is 0.335 e. The second-order valence-corrected chi connectivity index (χ2v) is 6.46. The first-order valence-corrected chi connectivity index (χ1v) is 8.24. The standard InChI is InChI=1S/C13H14Br2ClNO/c14-6-7-17(10-2-1-3-10)13(18)9-4-5-11(15)12(16)8-9/h4-5,8,10H,1-3,6-7H2. The Kier molecular flexibility index (Phi) is 5.10. The molecular formula is C13H14Br2ClNO. The van der Waals surface area contributed by atoms with E-state index in [4.69, 9.17) is 11.6 Å². The van der Waals surface area contributed by atoms with E-state index in [2.05, 4.69) is 31.9 Å². The van der Waals surface area contributed by atoms with Gasteiger partial charge in [-0.3, -0.25) is 4.79 Å². The van der Waals surface area contributed by atoms with Gasteiger partial charge in [-0.1, -0.05) is 27.5 Å². The molecule has 98 valence electrons. The minimum atomic E-state index is 0.0774. The van der Waals surface area contributed by atoms with Crippen molar-refractivity contribution in [3.63, 3.8) is 0 Å². The van der Waals surface area contributed by atoms with Crippen LogP contribution in [0.15, 0.2) is 22.7 Å². The monoisotopic (exact) mass is 393 g/mol. The third-order valence-corrected chi connectivity index (χ3v) is 4.86. The fourth-order valence-corrected chi connectivity index (χ4v) is 2.84. The lowest BCUT2D eigenvalue weighted by molar-refractivity contribution is 0.0599. The van der Waals surface area contributed by atoms with E-state index in [0.29, 0.717) is 16.6 Å². The van der Waals surface area contributed by atoms with E-state index in [1.807, 2.05) is 17.0 Å². The van der Waals surface area contributed by atoms with Crippen LogP contribution in [-0.2, 0) is 0 Å². The van der Waals surface area contributed by atoms with Gasteiger partial charge in [-0.2, -0.15) is 0 Å². The SMILES string of the molecule is O=C(c1ccc(Br)c(Cl)c1)N(CCBr)C1CCC1. The van der Waals surface area contributed by atoms with Crippen LogP contribution >= 0.6 is 43.5 Å². The van der Waals surface area contributed by atoms with Crippen molar-refractivity contribution in [2.24, 2.45) is 0 Å². The van der Waals surface area contributed by atoms with Gasteiger partial charge in [-0.05, 0) is 53.4 Å². The van der Waals surface area contributed by atoms with Gasteiger partial charge in [0.25, 0.3) is 5.91 Å². The highest BCUT2D eigenvalue weighted by atomic mass is 79.9. The quantitative estimate of drug-likeness (QED) is 0.688.